The van der Waals surface area contributed by atoms with Crippen LogP contribution in [0.3, 0.4) is 0 Å². The Hall–Kier alpha value is -4.46. The van der Waals surface area contributed by atoms with E-state index in [1.54, 1.807) is 24.0 Å². The smallest absolute Gasteiger partial charge is 0.351 e. The Balaban J connectivity index is 0.000000617. The molecule has 204 valence electrons. The van der Waals surface area contributed by atoms with E-state index in [-0.39, 0.29) is 30.4 Å². The van der Waals surface area contributed by atoms with Crippen LogP contribution in [0.4, 0.5) is 17.5 Å². The molecule has 0 fully saturated rings. The number of Topliss-reactive ketones (excluding diaryl/α,β-unsaturated/α-hetero) is 1. The van der Waals surface area contributed by atoms with Crippen LogP contribution in [-0.2, 0) is 25.4 Å². The highest BCUT2D eigenvalue weighted by atomic mass is 16.6. The first-order chi connectivity index (χ1) is 18.8. The van der Waals surface area contributed by atoms with Crippen molar-refractivity contribution in [1.29, 1.82) is 0 Å². The Labute approximate surface area is 228 Å². The molecule has 0 aliphatic carbocycles. The van der Waals surface area contributed by atoms with Crippen molar-refractivity contribution in [3.63, 3.8) is 0 Å². The largest absolute Gasteiger partial charge is 0.463 e. The summed E-state index contributed by atoms with van der Waals surface area (Å²) in [5.41, 5.74) is 11.8. The number of hydrogen-bond donors (Lipinski definition) is 2. The first kappa shape index (κ1) is 29.1. The van der Waals surface area contributed by atoms with E-state index in [1.807, 2.05) is 43.3 Å². The number of aromatic nitrogens is 2. The lowest BCUT2D eigenvalue weighted by atomic mass is 9.80. The minimum Gasteiger partial charge on any atom is -0.463 e. The number of nitrogens with zero attached hydrogens (tertiary/aromatic N) is 3. The molecule has 39 heavy (non-hydrogen) atoms. The summed E-state index contributed by atoms with van der Waals surface area (Å²) < 4.78 is 16.5. The maximum atomic E-state index is 14.1. The highest BCUT2D eigenvalue weighted by Crippen LogP contribution is 2.42. The molecular weight excluding hydrogens is 498 g/mol. The lowest BCUT2D eigenvalue weighted by Crippen LogP contribution is -2.67. The zero-order chi connectivity index (χ0) is 28.6. The second kappa shape index (κ2) is 12.9. The van der Waals surface area contributed by atoms with Crippen LogP contribution in [0.5, 0.6) is 0 Å². The first-order valence-electron chi connectivity index (χ1n) is 12.4. The van der Waals surface area contributed by atoms with Gasteiger partial charge in [0.15, 0.2) is 6.23 Å². The molecule has 1 aromatic heterocycles. The normalized spacial score (nSPS) is 17.9. The van der Waals surface area contributed by atoms with Crippen molar-refractivity contribution in [3.8, 4) is 12.3 Å². The predicted molar refractivity (Wildman–Crippen MR) is 149 cm³/mol. The van der Waals surface area contributed by atoms with E-state index in [0.717, 1.165) is 0 Å². The molecule has 4 rings (SSSR count). The number of ether oxygens (including phenoxy) is 3. The molecular formula is C29H33N5O5. The molecule has 10 heteroatoms. The highest BCUT2D eigenvalue weighted by Gasteiger charge is 2.61. The van der Waals surface area contributed by atoms with Crippen molar-refractivity contribution in [2.24, 2.45) is 0 Å². The number of methoxy groups -OCH3 is 2. The first-order valence-corrected chi connectivity index (χ1v) is 12.4. The molecule has 2 heterocycles. The summed E-state index contributed by atoms with van der Waals surface area (Å²) in [7, 11) is 2.68. The highest BCUT2D eigenvalue weighted by molar-refractivity contribution is 6.21. The fourth-order valence-electron chi connectivity index (χ4n) is 4.57. The molecule has 0 saturated heterocycles. The number of rotatable bonds is 7. The van der Waals surface area contributed by atoms with Crippen molar-refractivity contribution in [2.75, 3.05) is 43.7 Å². The molecule has 0 saturated carbocycles. The lowest BCUT2D eigenvalue weighted by molar-refractivity contribution is -0.177. The molecule has 2 atom stereocenters. The van der Waals surface area contributed by atoms with E-state index in [1.165, 1.54) is 20.4 Å². The third-order valence-corrected chi connectivity index (χ3v) is 6.37. The summed E-state index contributed by atoms with van der Waals surface area (Å²) in [5, 5.41) is 0. The van der Waals surface area contributed by atoms with Crippen molar-refractivity contribution in [1.82, 2.24) is 9.97 Å². The third-order valence-electron chi connectivity index (χ3n) is 6.37. The van der Waals surface area contributed by atoms with Crippen LogP contribution in [-0.4, -0.2) is 60.9 Å². The number of ketones is 1. The second-order valence-electron chi connectivity index (χ2n) is 8.46. The molecule has 0 radical (unpaired) electrons. The van der Waals surface area contributed by atoms with Gasteiger partial charge in [0.05, 0.1) is 12.3 Å². The van der Waals surface area contributed by atoms with Gasteiger partial charge in [0.25, 0.3) is 5.60 Å². The van der Waals surface area contributed by atoms with E-state index >= 15 is 0 Å². The average molecular weight is 532 g/mol. The number of nitrogens with two attached hydrogens (primary N) is 2. The van der Waals surface area contributed by atoms with Crippen molar-refractivity contribution in [3.05, 3.63) is 77.0 Å². The van der Waals surface area contributed by atoms with E-state index in [0.29, 0.717) is 28.9 Å². The molecule has 1 aliphatic rings. The number of esters is 1. The minimum absolute atomic E-state index is 0.0281. The molecule has 0 amide bonds. The molecule has 0 spiro atoms. The number of hydrogen-bond acceptors (Lipinski definition) is 10. The van der Waals surface area contributed by atoms with Gasteiger partial charge < -0.3 is 30.6 Å². The fraction of sp³-hybridized carbons (Fsp3) is 0.310. The Kier molecular flexibility index (Phi) is 9.60. The zero-order valence-corrected chi connectivity index (χ0v) is 22.5. The van der Waals surface area contributed by atoms with Crippen LogP contribution < -0.4 is 16.4 Å². The van der Waals surface area contributed by atoms with E-state index < -0.39 is 23.6 Å². The number of carbonyl (C=O) groups excluding carboxylic acids is 2. The van der Waals surface area contributed by atoms with Crippen LogP contribution in [0, 0.1) is 12.3 Å². The quantitative estimate of drug-likeness (QED) is 0.265. The molecule has 2 aromatic carbocycles. The summed E-state index contributed by atoms with van der Waals surface area (Å²) in [6.45, 7) is 3.99. The number of likely N-dealkylation sites (N-methyl/N-ethyl adjacent to an activating group) is 1. The van der Waals surface area contributed by atoms with E-state index in [2.05, 4.69) is 15.9 Å². The Morgan fingerprint density at radius 3 is 2.26 bits per heavy atom. The van der Waals surface area contributed by atoms with Crippen LogP contribution >= 0.6 is 0 Å². The Morgan fingerprint density at radius 1 is 1.13 bits per heavy atom. The van der Waals surface area contributed by atoms with Crippen molar-refractivity contribution >= 4 is 29.2 Å². The molecule has 3 aromatic rings. The number of anilines is 3. The molecule has 4 N–H and O–H groups in total. The van der Waals surface area contributed by atoms with Crippen LogP contribution in [0.1, 0.15) is 40.9 Å². The van der Waals surface area contributed by atoms with Crippen LogP contribution in [0.25, 0.3) is 0 Å². The van der Waals surface area contributed by atoms with Crippen molar-refractivity contribution in [2.45, 2.75) is 32.1 Å². The summed E-state index contributed by atoms with van der Waals surface area (Å²) in [6, 6.07) is 15.5. The van der Waals surface area contributed by atoms with Gasteiger partial charge in [-0.1, -0.05) is 42.3 Å². The van der Waals surface area contributed by atoms with Gasteiger partial charge in [0, 0.05) is 50.1 Å². The van der Waals surface area contributed by atoms with Gasteiger partial charge in [-0.15, -0.1) is 6.42 Å². The monoisotopic (exact) mass is 531 g/mol. The molecule has 10 nitrogen and oxygen atoms in total. The number of carbonyl (C=O) groups is 2. The second-order valence-corrected chi connectivity index (χ2v) is 8.46. The van der Waals surface area contributed by atoms with Gasteiger partial charge in [-0.05, 0) is 31.5 Å². The summed E-state index contributed by atoms with van der Waals surface area (Å²) >= 11 is 0. The van der Waals surface area contributed by atoms with E-state index in [9.17, 15) is 9.59 Å². The molecule has 2 unspecified atom stereocenters. The van der Waals surface area contributed by atoms with Gasteiger partial charge >= 0.3 is 5.97 Å². The standard InChI is InChI=1S/C23H27N5O5.C6H6/c1-6-13-9-10-16-17(15(13)11-14-12-26-22(25)27-19(14)24)18(29)23(32-5,21(30)33-8-3)20(31-4)28(16)7-2;1-2-4-6-5-3-1/h1,9-10,12,20H,7-8,11H2,2-5H3,(H4,24,25,26,27);1-6H. The number of benzene rings is 2. The minimum atomic E-state index is -2.06. The van der Waals surface area contributed by atoms with Gasteiger partial charge in [-0.25, -0.2) is 9.78 Å². The average Bonchev–Trinajstić information content (AvgIpc) is 2.95. The predicted octanol–water partition coefficient (Wildman–Crippen LogP) is 2.84. The van der Waals surface area contributed by atoms with Crippen LogP contribution in [0.2, 0.25) is 0 Å². The van der Waals surface area contributed by atoms with E-state index in [4.69, 9.17) is 32.1 Å². The Bertz CT molecular complexity index is 1330. The van der Waals surface area contributed by atoms with Gasteiger partial charge in [0.1, 0.15) is 5.82 Å². The number of terminal acetylenes is 1. The maximum Gasteiger partial charge on any atom is 0.351 e. The van der Waals surface area contributed by atoms with Crippen LogP contribution in [0.15, 0.2) is 54.7 Å². The topological polar surface area (TPSA) is 143 Å². The molecule has 1 aliphatic heterocycles. The fourth-order valence-corrected chi connectivity index (χ4v) is 4.57. The lowest BCUT2D eigenvalue weighted by Gasteiger charge is -2.46. The third kappa shape index (κ3) is 5.55. The van der Waals surface area contributed by atoms with Gasteiger partial charge in [-0.3, -0.25) is 4.79 Å². The molecule has 0 bridgehead atoms. The van der Waals surface area contributed by atoms with Gasteiger partial charge in [-0.2, -0.15) is 4.98 Å². The summed E-state index contributed by atoms with van der Waals surface area (Å²) in [6.07, 6.45) is 6.33. The number of nitrogen functional groups attached to an aromatic ring is 2. The Morgan fingerprint density at radius 2 is 1.77 bits per heavy atom. The van der Waals surface area contributed by atoms with Crippen molar-refractivity contribution < 1.29 is 23.8 Å². The summed E-state index contributed by atoms with van der Waals surface area (Å²) in [4.78, 5) is 37.0. The summed E-state index contributed by atoms with van der Waals surface area (Å²) in [5.74, 6) is 1.34. The number of fused-ring (bicyclic) bond motifs is 1. The van der Waals surface area contributed by atoms with Gasteiger partial charge in [0.2, 0.25) is 11.7 Å². The zero-order valence-electron chi connectivity index (χ0n) is 22.5. The maximum absolute atomic E-state index is 14.1. The SMILES string of the molecule is C#Cc1ccc2c(c1Cc1cnc(N)nc1N)C(=O)C(OC)(C(=O)OCC)C(OC)N2CC.c1ccccc1.